The number of halogens is 2. The summed E-state index contributed by atoms with van der Waals surface area (Å²) in [5.74, 6) is -0.723. The van der Waals surface area contributed by atoms with E-state index in [9.17, 15) is 13.6 Å². The van der Waals surface area contributed by atoms with Crippen molar-refractivity contribution in [2.24, 2.45) is 0 Å². The predicted octanol–water partition coefficient (Wildman–Crippen LogP) is 5.87. The van der Waals surface area contributed by atoms with Crippen molar-refractivity contribution in [2.75, 3.05) is 11.1 Å². The van der Waals surface area contributed by atoms with E-state index >= 15 is 0 Å². The molecule has 0 unspecified atom stereocenters. The third-order valence-electron chi connectivity index (χ3n) is 3.75. The van der Waals surface area contributed by atoms with Gasteiger partial charge in [-0.25, -0.2) is 13.8 Å². The Morgan fingerprint density at radius 1 is 1.12 bits per heavy atom. The second-order valence-electron chi connectivity index (χ2n) is 5.78. The first-order valence-electron chi connectivity index (χ1n) is 8.35. The fourth-order valence-corrected chi connectivity index (χ4v) is 4.58. The number of aromatic nitrogens is 1. The Morgan fingerprint density at radius 2 is 1.96 bits per heavy atom. The number of anilines is 1. The molecular formula is C19H18F2N2OS2. The first-order valence-corrected chi connectivity index (χ1v) is 10.2. The number of rotatable bonds is 8. The van der Waals surface area contributed by atoms with Gasteiger partial charge in [-0.1, -0.05) is 30.3 Å². The number of thioether (sulfide) groups is 1. The number of carbonyl (C=O) groups is 1. The van der Waals surface area contributed by atoms with Crippen LogP contribution in [0, 0.1) is 11.6 Å². The van der Waals surface area contributed by atoms with E-state index in [0.717, 1.165) is 47.0 Å². The van der Waals surface area contributed by atoms with Crippen LogP contribution in [0.1, 0.15) is 25.7 Å². The van der Waals surface area contributed by atoms with Crippen LogP contribution in [0.15, 0.2) is 46.8 Å². The lowest BCUT2D eigenvalue weighted by Crippen LogP contribution is -2.12. The van der Waals surface area contributed by atoms with E-state index < -0.39 is 11.6 Å². The highest BCUT2D eigenvalue weighted by Crippen LogP contribution is 2.29. The van der Waals surface area contributed by atoms with Crippen molar-refractivity contribution < 1.29 is 13.6 Å². The van der Waals surface area contributed by atoms with Gasteiger partial charge in [-0.15, -0.1) is 11.3 Å². The summed E-state index contributed by atoms with van der Waals surface area (Å²) >= 11 is 3.43. The van der Waals surface area contributed by atoms with Crippen molar-refractivity contribution in [3.8, 4) is 0 Å². The Bertz CT molecular complexity index is 865. The summed E-state index contributed by atoms with van der Waals surface area (Å²) in [6, 6.07) is 11.2. The van der Waals surface area contributed by atoms with E-state index in [0.29, 0.717) is 6.42 Å². The van der Waals surface area contributed by atoms with E-state index in [1.54, 1.807) is 23.1 Å². The zero-order valence-electron chi connectivity index (χ0n) is 14.0. The lowest BCUT2D eigenvalue weighted by molar-refractivity contribution is -0.116. The predicted molar refractivity (Wildman–Crippen MR) is 104 cm³/mol. The minimum atomic E-state index is -0.759. The minimum Gasteiger partial charge on any atom is -0.324 e. The van der Waals surface area contributed by atoms with E-state index in [2.05, 4.69) is 16.4 Å². The normalized spacial score (nSPS) is 11.0. The van der Waals surface area contributed by atoms with Crippen molar-refractivity contribution >= 4 is 44.9 Å². The fourth-order valence-electron chi connectivity index (χ4n) is 2.44. The summed E-state index contributed by atoms with van der Waals surface area (Å²) < 4.78 is 28.6. The number of para-hydroxylation sites is 1. The average molecular weight is 392 g/mol. The van der Waals surface area contributed by atoms with Crippen LogP contribution in [0.4, 0.5) is 14.5 Å². The van der Waals surface area contributed by atoms with Crippen LogP contribution >= 0.6 is 23.1 Å². The third-order valence-corrected chi connectivity index (χ3v) is 6.02. The molecule has 1 heterocycles. The topological polar surface area (TPSA) is 42.0 Å². The van der Waals surface area contributed by atoms with Gasteiger partial charge >= 0.3 is 0 Å². The maximum atomic E-state index is 13.5. The fraction of sp³-hybridized carbons (Fsp3) is 0.263. The van der Waals surface area contributed by atoms with Crippen molar-refractivity contribution in [3.63, 3.8) is 0 Å². The summed E-state index contributed by atoms with van der Waals surface area (Å²) in [4.78, 5) is 16.4. The lowest BCUT2D eigenvalue weighted by atomic mass is 10.2. The molecule has 3 nitrogen and oxygen atoms in total. The van der Waals surface area contributed by atoms with Crippen LogP contribution in [-0.4, -0.2) is 16.6 Å². The number of thiazole rings is 1. The number of hydrogen-bond acceptors (Lipinski definition) is 4. The van der Waals surface area contributed by atoms with Gasteiger partial charge in [-0.3, -0.25) is 4.79 Å². The molecule has 0 aliphatic heterocycles. The maximum absolute atomic E-state index is 13.5. The molecule has 0 atom stereocenters. The molecule has 1 aromatic heterocycles. The highest BCUT2D eigenvalue weighted by atomic mass is 32.2. The number of carbonyl (C=O) groups excluding carboxylic acids is 1. The molecule has 1 N–H and O–H groups in total. The maximum Gasteiger partial charge on any atom is 0.224 e. The quantitative estimate of drug-likeness (QED) is 0.385. The first-order chi connectivity index (χ1) is 12.6. The second-order valence-corrected chi connectivity index (χ2v) is 8.15. The van der Waals surface area contributed by atoms with Crippen LogP contribution in [0.3, 0.4) is 0 Å². The molecule has 26 heavy (non-hydrogen) atoms. The van der Waals surface area contributed by atoms with Gasteiger partial charge in [-0.2, -0.15) is 0 Å². The largest absolute Gasteiger partial charge is 0.324 e. The lowest BCUT2D eigenvalue weighted by Gasteiger charge is -2.06. The summed E-state index contributed by atoms with van der Waals surface area (Å²) in [6.07, 6.45) is 2.95. The zero-order valence-corrected chi connectivity index (χ0v) is 15.6. The van der Waals surface area contributed by atoms with Crippen molar-refractivity contribution in [2.45, 2.75) is 30.0 Å². The van der Waals surface area contributed by atoms with Crippen molar-refractivity contribution in [1.29, 1.82) is 0 Å². The molecular weight excluding hydrogens is 374 g/mol. The average Bonchev–Trinajstić information content (AvgIpc) is 3.03. The molecule has 0 saturated heterocycles. The molecule has 3 aromatic rings. The zero-order chi connectivity index (χ0) is 18.4. The number of hydrogen-bond donors (Lipinski definition) is 1. The molecule has 0 aliphatic rings. The highest BCUT2D eigenvalue weighted by molar-refractivity contribution is 8.01. The monoisotopic (exact) mass is 392 g/mol. The van der Waals surface area contributed by atoms with E-state index in [-0.39, 0.29) is 11.6 Å². The van der Waals surface area contributed by atoms with E-state index in [1.165, 1.54) is 10.8 Å². The summed E-state index contributed by atoms with van der Waals surface area (Å²) in [7, 11) is 0. The Hall–Kier alpha value is -1.99. The highest BCUT2D eigenvalue weighted by Gasteiger charge is 2.08. The molecule has 0 spiro atoms. The van der Waals surface area contributed by atoms with E-state index in [4.69, 9.17) is 0 Å². The minimum absolute atomic E-state index is 0.0165. The Morgan fingerprint density at radius 3 is 2.77 bits per heavy atom. The van der Waals surface area contributed by atoms with Gasteiger partial charge in [0.05, 0.1) is 15.9 Å². The Labute approximate surface area is 158 Å². The number of unbranched alkanes of at least 4 members (excludes halogenated alkanes) is 2. The molecule has 0 fully saturated rings. The van der Waals surface area contributed by atoms with Crippen molar-refractivity contribution in [1.82, 2.24) is 4.98 Å². The van der Waals surface area contributed by atoms with Gasteiger partial charge < -0.3 is 5.32 Å². The summed E-state index contributed by atoms with van der Waals surface area (Å²) in [5, 5.41) is 2.47. The summed E-state index contributed by atoms with van der Waals surface area (Å²) in [6.45, 7) is 0. The molecule has 7 heteroatoms. The second kappa shape index (κ2) is 9.09. The Balaban J connectivity index is 1.33. The van der Waals surface area contributed by atoms with Gasteiger partial charge in [0.15, 0.2) is 4.34 Å². The Kier molecular flexibility index (Phi) is 6.57. The number of amides is 1. The van der Waals surface area contributed by atoms with Gasteiger partial charge in [-0.05, 0) is 37.1 Å². The van der Waals surface area contributed by atoms with Crippen LogP contribution in [0.2, 0.25) is 0 Å². The summed E-state index contributed by atoms with van der Waals surface area (Å²) in [5.41, 5.74) is 1.05. The van der Waals surface area contributed by atoms with E-state index in [1.807, 2.05) is 18.2 Å². The first kappa shape index (κ1) is 18.8. The SMILES string of the molecule is O=C(CCCCCSc1nc2ccccc2s1)Nc1ccc(F)cc1F. The smallest absolute Gasteiger partial charge is 0.224 e. The number of nitrogens with one attached hydrogen (secondary N) is 1. The molecule has 136 valence electrons. The number of benzene rings is 2. The number of nitrogens with zero attached hydrogens (tertiary/aromatic N) is 1. The van der Waals surface area contributed by atoms with Crippen LogP contribution in [0.5, 0.6) is 0 Å². The molecule has 3 rings (SSSR count). The van der Waals surface area contributed by atoms with Crippen LogP contribution in [-0.2, 0) is 4.79 Å². The van der Waals surface area contributed by atoms with Gasteiger partial charge in [0.1, 0.15) is 11.6 Å². The van der Waals surface area contributed by atoms with Gasteiger partial charge in [0.25, 0.3) is 0 Å². The number of fused-ring (bicyclic) bond motifs is 1. The van der Waals surface area contributed by atoms with Crippen LogP contribution in [0.25, 0.3) is 10.2 Å². The molecule has 0 saturated carbocycles. The van der Waals surface area contributed by atoms with Gasteiger partial charge in [0.2, 0.25) is 5.91 Å². The van der Waals surface area contributed by atoms with Crippen molar-refractivity contribution in [3.05, 3.63) is 54.1 Å². The molecule has 0 aliphatic carbocycles. The standard InChI is InChI=1S/C19H18F2N2OS2/c20-13-9-10-15(14(21)12-13)22-18(24)8-2-1-5-11-25-19-23-16-6-3-4-7-17(16)26-19/h3-4,6-7,9-10,12H,1-2,5,8,11H2,(H,22,24). The molecule has 1 amide bonds. The van der Waals surface area contributed by atoms with Crippen LogP contribution < -0.4 is 5.32 Å². The molecule has 0 radical (unpaired) electrons. The van der Waals surface area contributed by atoms with Gasteiger partial charge in [0, 0.05) is 18.2 Å². The molecule has 2 aromatic carbocycles. The molecule has 0 bridgehead atoms. The third kappa shape index (κ3) is 5.25.